The fourth-order valence-corrected chi connectivity index (χ4v) is 2.17. The van der Waals surface area contributed by atoms with Gasteiger partial charge in [0.1, 0.15) is 0 Å². The maximum absolute atomic E-state index is 12.6. The molecule has 1 saturated heterocycles. The summed E-state index contributed by atoms with van der Waals surface area (Å²) >= 11 is 0. The molecule has 1 aliphatic heterocycles. The third kappa shape index (κ3) is 3.07. The van der Waals surface area contributed by atoms with E-state index in [9.17, 15) is 18.0 Å². The molecule has 0 aliphatic carbocycles. The number of nitrogens with one attached hydrogen (secondary N) is 1. The Labute approximate surface area is 109 Å². The van der Waals surface area contributed by atoms with Crippen LogP contribution in [0.3, 0.4) is 0 Å². The molecule has 2 rings (SSSR count). The van der Waals surface area contributed by atoms with E-state index in [1.807, 2.05) is 0 Å². The van der Waals surface area contributed by atoms with Gasteiger partial charge in [0.05, 0.1) is 5.56 Å². The predicted octanol–water partition coefficient (Wildman–Crippen LogP) is 2.14. The number of amides is 1. The normalized spacial score (nSPS) is 19.5. The van der Waals surface area contributed by atoms with E-state index in [-0.39, 0.29) is 17.5 Å². The number of nitrogens with zero attached hydrogens (tertiary/aromatic N) is 1. The predicted molar refractivity (Wildman–Crippen MR) is 64.8 cm³/mol. The number of rotatable bonds is 2. The maximum atomic E-state index is 12.6. The lowest BCUT2D eigenvalue weighted by Gasteiger charge is -2.24. The molecule has 1 atom stereocenters. The van der Waals surface area contributed by atoms with E-state index in [0.717, 1.165) is 25.1 Å². The molecule has 1 amide bonds. The number of alkyl halides is 3. The zero-order chi connectivity index (χ0) is 14.0. The van der Waals surface area contributed by atoms with Crippen LogP contribution in [0.4, 0.5) is 13.2 Å². The molecule has 19 heavy (non-hydrogen) atoms. The first kappa shape index (κ1) is 13.9. The van der Waals surface area contributed by atoms with Gasteiger partial charge < -0.3 is 10.2 Å². The van der Waals surface area contributed by atoms with E-state index in [1.54, 1.807) is 7.05 Å². The van der Waals surface area contributed by atoms with Crippen molar-refractivity contribution in [2.45, 2.75) is 18.6 Å². The highest BCUT2D eigenvalue weighted by Crippen LogP contribution is 2.29. The molecule has 1 heterocycles. The van der Waals surface area contributed by atoms with Crippen LogP contribution >= 0.6 is 0 Å². The van der Waals surface area contributed by atoms with Crippen LogP contribution in [0.25, 0.3) is 0 Å². The SMILES string of the molecule is CN(C(=O)c1cccc(C(F)(F)F)c1)[C@H]1CCNC1. The molecule has 1 aliphatic rings. The lowest BCUT2D eigenvalue weighted by atomic mass is 10.1. The molecule has 1 fully saturated rings. The minimum Gasteiger partial charge on any atom is -0.337 e. The van der Waals surface area contributed by atoms with Crippen molar-refractivity contribution in [3.63, 3.8) is 0 Å². The maximum Gasteiger partial charge on any atom is 0.416 e. The van der Waals surface area contributed by atoms with Crippen LogP contribution in [0.1, 0.15) is 22.3 Å². The van der Waals surface area contributed by atoms with Gasteiger partial charge in [0.2, 0.25) is 0 Å². The molecule has 0 spiro atoms. The second-order valence-electron chi connectivity index (χ2n) is 4.64. The highest BCUT2D eigenvalue weighted by atomic mass is 19.4. The summed E-state index contributed by atoms with van der Waals surface area (Å²) in [6, 6.07) is 4.59. The van der Waals surface area contributed by atoms with Crippen LogP contribution in [-0.4, -0.2) is 37.0 Å². The molecular formula is C13H15F3N2O. The topological polar surface area (TPSA) is 32.3 Å². The number of carbonyl (C=O) groups is 1. The molecule has 6 heteroatoms. The molecule has 0 aromatic heterocycles. The highest BCUT2D eigenvalue weighted by Gasteiger charge is 2.31. The Bertz CT molecular complexity index is 467. The molecule has 0 radical (unpaired) electrons. The van der Waals surface area contributed by atoms with Crippen LogP contribution in [0.2, 0.25) is 0 Å². The summed E-state index contributed by atoms with van der Waals surface area (Å²) in [5.41, 5.74) is -0.722. The second-order valence-corrected chi connectivity index (χ2v) is 4.64. The quantitative estimate of drug-likeness (QED) is 0.894. The van der Waals surface area contributed by atoms with Gasteiger partial charge in [-0.2, -0.15) is 13.2 Å². The van der Waals surface area contributed by atoms with Crippen molar-refractivity contribution in [1.82, 2.24) is 10.2 Å². The number of likely N-dealkylation sites (N-methyl/N-ethyl adjacent to an activating group) is 1. The lowest BCUT2D eigenvalue weighted by Crippen LogP contribution is -2.38. The fourth-order valence-electron chi connectivity index (χ4n) is 2.17. The van der Waals surface area contributed by atoms with Crippen molar-refractivity contribution in [3.8, 4) is 0 Å². The van der Waals surface area contributed by atoms with E-state index in [2.05, 4.69) is 5.32 Å². The summed E-state index contributed by atoms with van der Waals surface area (Å²) < 4.78 is 37.8. The monoisotopic (exact) mass is 272 g/mol. The molecule has 0 saturated carbocycles. The Morgan fingerprint density at radius 1 is 1.42 bits per heavy atom. The number of benzene rings is 1. The minimum absolute atomic E-state index is 0.0436. The molecule has 0 bridgehead atoms. The van der Waals surface area contributed by atoms with Crippen molar-refractivity contribution >= 4 is 5.91 Å². The Morgan fingerprint density at radius 2 is 2.16 bits per heavy atom. The molecule has 1 N–H and O–H groups in total. The van der Waals surface area contributed by atoms with Gasteiger partial charge in [0.25, 0.3) is 5.91 Å². The zero-order valence-corrected chi connectivity index (χ0v) is 10.5. The average molecular weight is 272 g/mol. The third-order valence-corrected chi connectivity index (χ3v) is 3.34. The lowest BCUT2D eigenvalue weighted by molar-refractivity contribution is -0.137. The first-order chi connectivity index (χ1) is 8.89. The highest BCUT2D eigenvalue weighted by molar-refractivity contribution is 5.94. The molecule has 3 nitrogen and oxygen atoms in total. The summed E-state index contributed by atoms with van der Waals surface area (Å²) in [6.07, 6.45) is -3.61. The van der Waals surface area contributed by atoms with Crippen molar-refractivity contribution in [2.24, 2.45) is 0 Å². The Kier molecular flexibility index (Phi) is 3.80. The molecule has 0 unspecified atom stereocenters. The van der Waals surface area contributed by atoms with Crippen LogP contribution in [0.5, 0.6) is 0 Å². The van der Waals surface area contributed by atoms with Gasteiger partial charge in [-0.1, -0.05) is 6.07 Å². The first-order valence-corrected chi connectivity index (χ1v) is 6.05. The van der Waals surface area contributed by atoms with Gasteiger partial charge in [-0.05, 0) is 31.2 Å². The van der Waals surface area contributed by atoms with Crippen LogP contribution in [0.15, 0.2) is 24.3 Å². The van der Waals surface area contributed by atoms with Crippen LogP contribution in [-0.2, 0) is 6.18 Å². The second kappa shape index (κ2) is 5.21. The van der Waals surface area contributed by atoms with Crippen LogP contribution in [0, 0.1) is 0 Å². The van der Waals surface area contributed by atoms with E-state index < -0.39 is 11.7 Å². The number of halogens is 3. The van der Waals surface area contributed by atoms with Crippen LogP contribution < -0.4 is 5.32 Å². The smallest absolute Gasteiger partial charge is 0.337 e. The zero-order valence-electron chi connectivity index (χ0n) is 10.5. The van der Waals surface area contributed by atoms with Crippen molar-refractivity contribution < 1.29 is 18.0 Å². The van der Waals surface area contributed by atoms with Gasteiger partial charge in [-0.3, -0.25) is 4.79 Å². The number of hydrogen-bond acceptors (Lipinski definition) is 2. The first-order valence-electron chi connectivity index (χ1n) is 6.05. The van der Waals surface area contributed by atoms with Gasteiger partial charge in [0.15, 0.2) is 0 Å². The van der Waals surface area contributed by atoms with Gasteiger partial charge >= 0.3 is 6.18 Å². The Balaban J connectivity index is 2.19. The fraction of sp³-hybridized carbons (Fsp3) is 0.462. The summed E-state index contributed by atoms with van der Waals surface area (Å²) in [6.45, 7) is 1.51. The largest absolute Gasteiger partial charge is 0.416 e. The van der Waals surface area contributed by atoms with Crippen molar-refractivity contribution in [3.05, 3.63) is 35.4 Å². The summed E-state index contributed by atoms with van der Waals surface area (Å²) in [4.78, 5) is 13.7. The average Bonchev–Trinajstić information content (AvgIpc) is 2.90. The van der Waals surface area contributed by atoms with E-state index in [4.69, 9.17) is 0 Å². The van der Waals surface area contributed by atoms with Gasteiger partial charge in [-0.25, -0.2) is 0 Å². The molecule has 1 aromatic rings. The Hall–Kier alpha value is -1.56. The van der Waals surface area contributed by atoms with Gasteiger partial charge in [-0.15, -0.1) is 0 Å². The summed E-state index contributed by atoms with van der Waals surface area (Å²) in [5, 5.41) is 3.12. The molecule has 1 aromatic carbocycles. The van der Waals surface area contributed by atoms with E-state index in [1.165, 1.54) is 17.0 Å². The Morgan fingerprint density at radius 3 is 2.74 bits per heavy atom. The third-order valence-electron chi connectivity index (χ3n) is 3.34. The number of carbonyl (C=O) groups excluding carboxylic acids is 1. The molecular weight excluding hydrogens is 257 g/mol. The standard InChI is InChI=1S/C13H15F3N2O/c1-18(11-5-6-17-8-11)12(19)9-3-2-4-10(7-9)13(14,15)16/h2-4,7,11,17H,5-6,8H2,1H3/t11-/m0/s1. The minimum atomic E-state index is -4.43. The van der Waals surface area contributed by atoms with E-state index in [0.29, 0.717) is 6.54 Å². The van der Waals surface area contributed by atoms with Gasteiger partial charge in [0, 0.05) is 25.2 Å². The summed E-state index contributed by atoms with van der Waals surface area (Å²) in [5.74, 6) is -0.375. The van der Waals surface area contributed by atoms with E-state index >= 15 is 0 Å². The summed E-state index contributed by atoms with van der Waals surface area (Å²) in [7, 11) is 1.63. The van der Waals surface area contributed by atoms with Crippen molar-refractivity contribution in [2.75, 3.05) is 20.1 Å². The van der Waals surface area contributed by atoms with Crippen molar-refractivity contribution in [1.29, 1.82) is 0 Å². The number of hydrogen-bond donors (Lipinski definition) is 1. The molecule has 104 valence electrons.